The summed E-state index contributed by atoms with van der Waals surface area (Å²) in [7, 11) is 5.20. The number of halogens is 1. The average Bonchev–Trinajstić information content (AvgIpc) is 3.30. The molecule has 5 aromatic rings. The van der Waals surface area contributed by atoms with Crippen LogP contribution in [0.2, 0.25) is 0 Å². The van der Waals surface area contributed by atoms with Gasteiger partial charge >= 0.3 is 5.97 Å². The maximum atomic E-state index is 15.3. The number of methoxy groups -OCH3 is 1. The molecule has 0 bridgehead atoms. The van der Waals surface area contributed by atoms with Crippen molar-refractivity contribution in [3.8, 4) is 22.9 Å². The lowest BCUT2D eigenvalue weighted by Gasteiger charge is -2.25. The molecule has 0 saturated heterocycles. The highest BCUT2D eigenvalue weighted by Crippen LogP contribution is 2.33. The maximum Gasteiger partial charge on any atom is 0.323 e. The highest BCUT2D eigenvalue weighted by Gasteiger charge is 2.27. The lowest BCUT2D eigenvalue weighted by molar-refractivity contribution is -0.151. The summed E-state index contributed by atoms with van der Waals surface area (Å²) < 4.78 is 35.1. The fourth-order valence-corrected chi connectivity index (χ4v) is 5.25. The predicted molar refractivity (Wildman–Crippen MR) is 180 cm³/mol. The minimum absolute atomic E-state index is 0.0526. The number of carbonyl (C=O) groups is 2. The zero-order valence-electron chi connectivity index (χ0n) is 27.3. The molecule has 2 aromatic heterocycles. The van der Waals surface area contributed by atoms with Crippen molar-refractivity contribution in [2.75, 3.05) is 33.1 Å². The molecule has 2 heterocycles. The summed E-state index contributed by atoms with van der Waals surface area (Å²) in [4.78, 5) is 46.1. The molecule has 3 aromatic carbocycles. The van der Waals surface area contributed by atoms with Gasteiger partial charge in [0.2, 0.25) is 0 Å². The summed E-state index contributed by atoms with van der Waals surface area (Å²) in [5.41, 5.74) is 6.55. The minimum Gasteiger partial charge on any atom is -0.497 e. The number of likely N-dealkylation sites (N-methyl/N-ethyl adjacent to an activating group) is 1. The monoisotopic (exact) mass is 656 g/mol. The number of rotatable bonds is 12. The van der Waals surface area contributed by atoms with Crippen LogP contribution >= 0.6 is 0 Å². The Kier molecular flexibility index (Phi) is 10.2. The van der Waals surface area contributed by atoms with Gasteiger partial charge in [-0.15, -0.1) is 0 Å². The Hall–Kier alpha value is -5.53. The molecule has 0 fully saturated rings. The molecule has 5 rings (SSSR count). The van der Waals surface area contributed by atoms with E-state index in [9.17, 15) is 14.4 Å². The number of anilines is 1. The van der Waals surface area contributed by atoms with Crippen molar-refractivity contribution in [3.05, 3.63) is 106 Å². The van der Waals surface area contributed by atoms with Gasteiger partial charge in [-0.05, 0) is 70.4 Å². The molecule has 0 aliphatic heterocycles. The number of hydrogen-bond donors (Lipinski definition) is 2. The summed E-state index contributed by atoms with van der Waals surface area (Å²) >= 11 is 0. The lowest BCUT2D eigenvalue weighted by Crippen LogP contribution is -2.40. The Morgan fingerprint density at radius 1 is 1.04 bits per heavy atom. The number of para-hydroxylation sites is 1. The topological polar surface area (TPSA) is 143 Å². The highest BCUT2D eigenvalue weighted by molar-refractivity contribution is 6.05. The van der Waals surface area contributed by atoms with Crippen LogP contribution in [0.5, 0.6) is 17.2 Å². The van der Waals surface area contributed by atoms with Gasteiger partial charge < -0.3 is 30.2 Å². The van der Waals surface area contributed by atoms with Crippen molar-refractivity contribution < 1.29 is 28.2 Å². The number of pyridine rings is 1. The fraction of sp³-hybridized carbons (Fsp3) is 0.257. The highest BCUT2D eigenvalue weighted by atomic mass is 19.1. The first-order valence-corrected chi connectivity index (χ1v) is 15.2. The molecule has 13 heteroatoms. The standard InChI is InChI=1S/C35H37FN6O6/c1-21(37)35(45)47-26(19-40(3)4)20-41-22(2)32(34(44)42(41)24-9-7-6-8-10-24)33(43)39-23-11-14-31(28(36)17-23)48-30-15-16-38-29-18-25(46-5)12-13-27(29)30/h6-18,21,26H,19-20,37H2,1-5H3,(H,39,43)/t21?,26-/m1/s1. The van der Waals surface area contributed by atoms with Crippen LogP contribution in [0.15, 0.2) is 83.8 Å². The molecule has 1 unspecified atom stereocenters. The van der Waals surface area contributed by atoms with Crippen LogP contribution in [0.1, 0.15) is 23.0 Å². The van der Waals surface area contributed by atoms with Crippen LogP contribution in [0.3, 0.4) is 0 Å². The summed E-state index contributed by atoms with van der Waals surface area (Å²) in [6, 6.07) is 18.8. The number of nitrogens with one attached hydrogen (secondary N) is 1. The number of fused-ring (bicyclic) bond motifs is 1. The van der Waals surface area contributed by atoms with Gasteiger partial charge in [0.15, 0.2) is 11.6 Å². The SMILES string of the molecule is COc1ccc2c(Oc3ccc(NC(=O)c4c(C)n(C[C@@H](CN(C)C)OC(=O)C(C)N)n(-c5ccccc5)c4=O)cc3F)ccnc2c1. The third-order valence-electron chi connectivity index (χ3n) is 7.54. The predicted octanol–water partition coefficient (Wildman–Crippen LogP) is 4.51. The number of benzene rings is 3. The van der Waals surface area contributed by atoms with E-state index < -0.39 is 35.4 Å². The molecule has 0 spiro atoms. The molecule has 2 atom stereocenters. The Balaban J connectivity index is 1.44. The van der Waals surface area contributed by atoms with Gasteiger partial charge in [0.05, 0.1) is 30.6 Å². The summed E-state index contributed by atoms with van der Waals surface area (Å²) in [5.74, 6) is -1.12. The number of carbonyl (C=O) groups excluding carboxylic acids is 2. The molecule has 1 amide bonds. The summed E-state index contributed by atoms with van der Waals surface area (Å²) in [6.07, 6.45) is 0.849. The number of aromatic nitrogens is 3. The van der Waals surface area contributed by atoms with Crippen LogP contribution in [-0.2, 0) is 16.1 Å². The number of nitrogens with zero attached hydrogens (tertiary/aromatic N) is 4. The maximum absolute atomic E-state index is 15.3. The van der Waals surface area contributed by atoms with E-state index in [1.54, 1.807) is 79.5 Å². The number of esters is 1. The fourth-order valence-electron chi connectivity index (χ4n) is 5.25. The zero-order chi connectivity index (χ0) is 34.5. The Labute approximate surface area is 276 Å². The molecule has 3 N–H and O–H groups in total. The molecule has 0 aliphatic carbocycles. The van der Waals surface area contributed by atoms with Gasteiger partial charge in [0.25, 0.3) is 11.5 Å². The van der Waals surface area contributed by atoms with Crippen molar-refractivity contribution in [2.24, 2.45) is 5.73 Å². The molecule has 12 nitrogen and oxygen atoms in total. The van der Waals surface area contributed by atoms with Crippen molar-refractivity contribution in [1.82, 2.24) is 19.2 Å². The van der Waals surface area contributed by atoms with Crippen molar-refractivity contribution in [2.45, 2.75) is 32.5 Å². The first-order valence-electron chi connectivity index (χ1n) is 15.2. The second-order valence-electron chi connectivity index (χ2n) is 11.5. The smallest absolute Gasteiger partial charge is 0.323 e. The third-order valence-corrected chi connectivity index (χ3v) is 7.54. The van der Waals surface area contributed by atoms with Crippen LogP contribution < -0.4 is 26.1 Å². The molecule has 0 saturated carbocycles. The third kappa shape index (κ3) is 7.37. The van der Waals surface area contributed by atoms with Crippen LogP contribution in [-0.4, -0.2) is 71.0 Å². The number of hydrogen-bond acceptors (Lipinski definition) is 9. The normalized spacial score (nSPS) is 12.5. The van der Waals surface area contributed by atoms with E-state index in [-0.39, 0.29) is 23.5 Å². The van der Waals surface area contributed by atoms with E-state index in [0.29, 0.717) is 40.3 Å². The number of nitrogens with two attached hydrogens (primary N) is 1. The Morgan fingerprint density at radius 2 is 1.79 bits per heavy atom. The molecule has 250 valence electrons. The van der Waals surface area contributed by atoms with Gasteiger partial charge in [-0.3, -0.25) is 24.0 Å². The first-order chi connectivity index (χ1) is 23.0. The van der Waals surface area contributed by atoms with E-state index in [0.717, 1.165) is 6.07 Å². The minimum atomic E-state index is -0.844. The van der Waals surface area contributed by atoms with Crippen molar-refractivity contribution >= 4 is 28.5 Å². The Morgan fingerprint density at radius 3 is 2.46 bits per heavy atom. The van der Waals surface area contributed by atoms with Gasteiger partial charge in [-0.2, -0.15) is 0 Å². The second-order valence-corrected chi connectivity index (χ2v) is 11.5. The summed E-state index contributed by atoms with van der Waals surface area (Å²) in [6.45, 7) is 3.54. The zero-order valence-corrected chi connectivity index (χ0v) is 27.3. The van der Waals surface area contributed by atoms with Crippen LogP contribution in [0.25, 0.3) is 16.6 Å². The van der Waals surface area contributed by atoms with E-state index in [1.165, 1.54) is 23.7 Å². The lowest BCUT2D eigenvalue weighted by atomic mass is 10.2. The van der Waals surface area contributed by atoms with E-state index in [2.05, 4.69) is 10.3 Å². The molecule has 0 radical (unpaired) electrons. The average molecular weight is 657 g/mol. The van der Waals surface area contributed by atoms with E-state index >= 15 is 4.39 Å². The van der Waals surface area contributed by atoms with E-state index in [1.807, 2.05) is 19.0 Å². The summed E-state index contributed by atoms with van der Waals surface area (Å²) in [5, 5.41) is 3.30. The first kappa shape index (κ1) is 33.8. The number of ether oxygens (including phenoxy) is 3. The van der Waals surface area contributed by atoms with Crippen LogP contribution in [0.4, 0.5) is 10.1 Å². The Bertz CT molecular complexity index is 2010. The van der Waals surface area contributed by atoms with Gasteiger partial charge in [0.1, 0.15) is 29.2 Å². The number of amides is 1. The van der Waals surface area contributed by atoms with E-state index in [4.69, 9.17) is 19.9 Å². The quantitative estimate of drug-likeness (QED) is 0.186. The molecule has 0 aliphatic rings. The van der Waals surface area contributed by atoms with Crippen molar-refractivity contribution in [3.63, 3.8) is 0 Å². The van der Waals surface area contributed by atoms with Gasteiger partial charge in [-0.25, -0.2) is 9.07 Å². The largest absolute Gasteiger partial charge is 0.497 e. The second kappa shape index (κ2) is 14.5. The van der Waals surface area contributed by atoms with Gasteiger partial charge in [-0.1, -0.05) is 18.2 Å². The van der Waals surface area contributed by atoms with Crippen LogP contribution in [0, 0.1) is 12.7 Å². The molecule has 48 heavy (non-hydrogen) atoms. The molecular weight excluding hydrogens is 619 g/mol. The van der Waals surface area contributed by atoms with Crippen molar-refractivity contribution in [1.29, 1.82) is 0 Å². The molecular formula is C35H37FN6O6. The van der Waals surface area contributed by atoms with Gasteiger partial charge in [0, 0.05) is 35.9 Å².